The molecule has 0 aliphatic carbocycles. The van der Waals surface area contributed by atoms with Crippen LogP contribution in [-0.4, -0.2) is 30.8 Å². The highest BCUT2D eigenvalue weighted by molar-refractivity contribution is 5.98. The molecular weight excluding hydrogens is 348 g/mol. The number of aryl methyl sites for hydroxylation is 3. The van der Waals surface area contributed by atoms with Gasteiger partial charge in [0.05, 0.1) is 13.1 Å². The zero-order valence-corrected chi connectivity index (χ0v) is 17.3. The normalized spacial score (nSPS) is 20.4. The van der Waals surface area contributed by atoms with Crippen LogP contribution in [0.5, 0.6) is 0 Å². The smallest absolute Gasteiger partial charge is 0.282 e. The van der Waals surface area contributed by atoms with Gasteiger partial charge in [-0.25, -0.2) is 0 Å². The Morgan fingerprint density at radius 2 is 1.54 bits per heavy atom. The molecule has 0 aromatic heterocycles. The Kier molecular flexibility index (Phi) is 6.30. The molecule has 1 heterocycles. The molecule has 1 amide bonds. The van der Waals surface area contributed by atoms with Crippen LogP contribution < -0.4 is 10.2 Å². The minimum Gasteiger partial charge on any atom is -0.325 e. The third-order valence-corrected chi connectivity index (χ3v) is 6.07. The highest BCUT2D eigenvalue weighted by atomic mass is 16.2. The largest absolute Gasteiger partial charge is 0.325 e. The summed E-state index contributed by atoms with van der Waals surface area (Å²) in [6.07, 6.45) is 1.67. The van der Waals surface area contributed by atoms with Crippen LogP contribution in [0.4, 0.5) is 5.69 Å². The van der Waals surface area contributed by atoms with Gasteiger partial charge in [-0.1, -0.05) is 48.0 Å². The highest BCUT2D eigenvalue weighted by Crippen LogP contribution is 2.20. The van der Waals surface area contributed by atoms with E-state index < -0.39 is 0 Å². The van der Waals surface area contributed by atoms with Gasteiger partial charge < -0.3 is 10.2 Å². The topological polar surface area (TPSA) is 50.6 Å². The lowest BCUT2D eigenvalue weighted by molar-refractivity contribution is -0.919. The van der Waals surface area contributed by atoms with Crippen molar-refractivity contribution in [1.29, 1.82) is 0 Å². The van der Waals surface area contributed by atoms with E-state index in [-0.39, 0.29) is 23.7 Å². The number of nitrogens with one attached hydrogen (secondary N) is 2. The number of hydrogen-bond donors (Lipinski definition) is 2. The van der Waals surface area contributed by atoms with Gasteiger partial charge in [0.25, 0.3) is 5.91 Å². The fraction of sp³-hybridized carbons (Fsp3) is 0.417. The molecule has 0 radical (unpaired) electrons. The van der Waals surface area contributed by atoms with E-state index in [0.29, 0.717) is 0 Å². The van der Waals surface area contributed by atoms with E-state index in [9.17, 15) is 9.59 Å². The summed E-state index contributed by atoms with van der Waals surface area (Å²) in [5.74, 6) is 0.364. The lowest BCUT2D eigenvalue weighted by Gasteiger charge is -2.32. The summed E-state index contributed by atoms with van der Waals surface area (Å²) in [6.45, 7) is 9.75. The molecule has 0 spiro atoms. The molecule has 1 fully saturated rings. The maximum Gasteiger partial charge on any atom is 0.282 e. The van der Waals surface area contributed by atoms with Crippen LogP contribution in [0, 0.1) is 26.7 Å². The zero-order valence-electron chi connectivity index (χ0n) is 17.3. The van der Waals surface area contributed by atoms with Crippen molar-refractivity contribution in [2.75, 3.05) is 18.4 Å². The van der Waals surface area contributed by atoms with E-state index in [1.54, 1.807) is 0 Å². The third-order valence-electron chi connectivity index (χ3n) is 6.07. The Balaban J connectivity index is 1.57. The molecule has 28 heavy (non-hydrogen) atoms. The number of rotatable bonds is 5. The molecule has 2 aromatic rings. The lowest BCUT2D eigenvalue weighted by atomic mass is 9.88. The van der Waals surface area contributed by atoms with Crippen molar-refractivity contribution in [3.8, 4) is 0 Å². The monoisotopic (exact) mass is 379 g/mol. The molecule has 2 N–H and O–H groups in total. The number of anilines is 1. The summed E-state index contributed by atoms with van der Waals surface area (Å²) in [5, 5.41) is 3.11. The Hall–Kier alpha value is -2.46. The van der Waals surface area contributed by atoms with Crippen molar-refractivity contribution < 1.29 is 14.5 Å². The van der Waals surface area contributed by atoms with Crippen LogP contribution in [0.15, 0.2) is 42.5 Å². The molecule has 1 aliphatic rings. The van der Waals surface area contributed by atoms with E-state index >= 15 is 0 Å². The van der Waals surface area contributed by atoms with E-state index in [4.69, 9.17) is 0 Å². The van der Waals surface area contributed by atoms with Crippen molar-refractivity contribution in [2.45, 2.75) is 46.6 Å². The summed E-state index contributed by atoms with van der Waals surface area (Å²) in [6, 6.07) is 13.8. The Morgan fingerprint density at radius 3 is 2.11 bits per heavy atom. The molecule has 1 saturated heterocycles. The Bertz CT molecular complexity index is 829. The van der Waals surface area contributed by atoms with Crippen LogP contribution in [0.25, 0.3) is 0 Å². The number of amides is 1. The number of piperidine rings is 1. The first-order chi connectivity index (χ1) is 13.4. The summed E-state index contributed by atoms with van der Waals surface area (Å²) >= 11 is 0. The lowest BCUT2D eigenvalue weighted by Crippen LogP contribution is -3.17. The third kappa shape index (κ3) is 4.50. The number of hydrogen-bond acceptors (Lipinski definition) is 2. The summed E-state index contributed by atoms with van der Waals surface area (Å²) in [4.78, 5) is 26.8. The first kappa shape index (κ1) is 20.3. The molecule has 0 unspecified atom stereocenters. The molecule has 0 saturated carbocycles. The highest BCUT2D eigenvalue weighted by Gasteiger charge is 2.33. The molecule has 148 valence electrons. The van der Waals surface area contributed by atoms with Gasteiger partial charge >= 0.3 is 0 Å². The maximum atomic E-state index is 12.8. The number of para-hydroxylation sites is 1. The predicted octanol–water partition coefficient (Wildman–Crippen LogP) is 3.12. The molecule has 4 heteroatoms. The predicted molar refractivity (Wildman–Crippen MR) is 113 cm³/mol. The van der Waals surface area contributed by atoms with Crippen molar-refractivity contribution in [2.24, 2.45) is 5.92 Å². The Labute approximate surface area is 167 Å². The van der Waals surface area contributed by atoms with Gasteiger partial charge in [-0.05, 0) is 38.8 Å². The van der Waals surface area contributed by atoms with E-state index in [0.717, 1.165) is 48.3 Å². The second-order valence-electron chi connectivity index (χ2n) is 8.14. The van der Waals surface area contributed by atoms with Gasteiger partial charge in [-0.15, -0.1) is 0 Å². The number of benzene rings is 2. The molecule has 0 bridgehead atoms. The van der Waals surface area contributed by atoms with Gasteiger partial charge in [-0.3, -0.25) is 9.59 Å². The first-order valence-electron chi connectivity index (χ1n) is 10.2. The van der Waals surface area contributed by atoms with Gasteiger partial charge in [0, 0.05) is 30.0 Å². The fourth-order valence-electron chi connectivity index (χ4n) is 4.07. The number of quaternary nitrogens is 1. The second-order valence-corrected chi connectivity index (χ2v) is 8.14. The van der Waals surface area contributed by atoms with Crippen molar-refractivity contribution in [1.82, 2.24) is 0 Å². The standard InChI is InChI=1S/C24H30N2O2/c1-16-8-10-20(11-9-16)23(27)21-12-14-26(15-13-21)19(4)24(28)25-22-17(2)6-5-7-18(22)3/h5-11,19,21H,12-15H2,1-4H3,(H,25,28)/p+1/t19-/m0/s1. The van der Waals surface area contributed by atoms with Crippen LogP contribution in [0.1, 0.15) is 46.8 Å². The number of carbonyl (C=O) groups excluding carboxylic acids is 2. The number of Topliss-reactive ketones (excluding diaryl/α,β-unsaturated/α-hetero) is 1. The first-order valence-corrected chi connectivity index (χ1v) is 10.2. The molecule has 1 atom stereocenters. The van der Waals surface area contributed by atoms with Crippen molar-refractivity contribution in [3.63, 3.8) is 0 Å². The summed E-state index contributed by atoms with van der Waals surface area (Å²) < 4.78 is 0. The summed E-state index contributed by atoms with van der Waals surface area (Å²) in [5.41, 5.74) is 5.05. The van der Waals surface area contributed by atoms with Crippen LogP contribution in [0.3, 0.4) is 0 Å². The molecule has 2 aromatic carbocycles. The van der Waals surface area contributed by atoms with Crippen LogP contribution in [-0.2, 0) is 4.79 Å². The number of ketones is 1. The SMILES string of the molecule is Cc1ccc(C(=O)C2CC[NH+]([C@@H](C)C(=O)Nc3c(C)cccc3C)CC2)cc1. The quantitative estimate of drug-likeness (QED) is 0.785. The van der Waals surface area contributed by atoms with Crippen molar-refractivity contribution in [3.05, 3.63) is 64.7 Å². The van der Waals surface area contributed by atoms with Crippen LogP contribution in [0.2, 0.25) is 0 Å². The second kappa shape index (κ2) is 8.70. The average molecular weight is 380 g/mol. The molecule has 4 nitrogen and oxygen atoms in total. The zero-order chi connectivity index (χ0) is 20.3. The van der Waals surface area contributed by atoms with E-state index in [2.05, 4.69) is 5.32 Å². The maximum absolute atomic E-state index is 12.8. The average Bonchev–Trinajstić information content (AvgIpc) is 2.70. The Morgan fingerprint density at radius 1 is 0.964 bits per heavy atom. The van der Waals surface area contributed by atoms with Crippen LogP contribution >= 0.6 is 0 Å². The van der Waals surface area contributed by atoms with Gasteiger partial charge in [0.15, 0.2) is 11.8 Å². The van der Waals surface area contributed by atoms with Gasteiger partial charge in [0.2, 0.25) is 0 Å². The minimum atomic E-state index is -0.130. The van der Waals surface area contributed by atoms with Gasteiger partial charge in [0.1, 0.15) is 0 Å². The number of likely N-dealkylation sites (tertiary alicyclic amines) is 1. The molecule has 3 rings (SSSR count). The fourth-order valence-corrected chi connectivity index (χ4v) is 4.07. The van der Waals surface area contributed by atoms with E-state index in [1.807, 2.05) is 70.2 Å². The molecular formula is C24H31N2O2+. The van der Waals surface area contributed by atoms with Crippen molar-refractivity contribution >= 4 is 17.4 Å². The minimum absolute atomic E-state index is 0.0516. The summed E-state index contributed by atoms with van der Waals surface area (Å²) in [7, 11) is 0. The molecule has 1 aliphatic heterocycles. The van der Waals surface area contributed by atoms with Gasteiger partial charge in [-0.2, -0.15) is 0 Å². The van der Waals surface area contributed by atoms with E-state index in [1.165, 1.54) is 10.5 Å². The number of carbonyl (C=O) groups is 2.